The van der Waals surface area contributed by atoms with Gasteiger partial charge in [-0.3, -0.25) is 14.4 Å². The zero-order chi connectivity index (χ0) is 22.2. The van der Waals surface area contributed by atoms with Crippen molar-refractivity contribution in [3.05, 3.63) is 23.4 Å². The molecule has 1 aliphatic rings. The maximum atomic E-state index is 12.6. The molecule has 2 aromatic heterocycles. The van der Waals surface area contributed by atoms with Crippen LogP contribution in [0.5, 0.6) is 0 Å². The van der Waals surface area contributed by atoms with Crippen molar-refractivity contribution in [1.82, 2.24) is 19.9 Å². The third kappa shape index (κ3) is 6.36. The molecular weight excluding hydrogens is 420 g/mol. The number of hydrogen-bond acceptors (Lipinski definition) is 8. The second-order valence-corrected chi connectivity index (χ2v) is 8.47. The molecule has 0 bridgehead atoms. The van der Waals surface area contributed by atoms with E-state index in [0.717, 1.165) is 17.7 Å². The summed E-state index contributed by atoms with van der Waals surface area (Å²) in [6, 6.07) is 3.85. The molecule has 3 heterocycles. The molecule has 3 rings (SSSR count). The summed E-state index contributed by atoms with van der Waals surface area (Å²) in [7, 11) is 1.62. The average molecular weight is 449 g/mol. The topological polar surface area (TPSA) is 106 Å². The number of aryl methyl sites for hydroxylation is 1. The van der Waals surface area contributed by atoms with Gasteiger partial charge in [-0.25, -0.2) is 0 Å². The van der Waals surface area contributed by atoms with E-state index in [2.05, 4.69) is 10.1 Å². The SMILES string of the molecule is CCOC(=O)C1CCCN(C(=O)CN(C)C(=O)CCCc2nc(-c3cccs3)no2)C1. The summed E-state index contributed by atoms with van der Waals surface area (Å²) in [6.45, 7) is 3.05. The first-order valence-electron chi connectivity index (χ1n) is 10.5. The lowest BCUT2D eigenvalue weighted by Crippen LogP contribution is -2.47. The lowest BCUT2D eigenvalue weighted by atomic mass is 9.98. The van der Waals surface area contributed by atoms with Crippen LogP contribution in [-0.2, 0) is 25.5 Å². The highest BCUT2D eigenvalue weighted by Crippen LogP contribution is 2.22. The zero-order valence-electron chi connectivity index (χ0n) is 17.9. The van der Waals surface area contributed by atoms with E-state index in [1.807, 2.05) is 17.5 Å². The number of carbonyl (C=O) groups is 3. The zero-order valence-corrected chi connectivity index (χ0v) is 18.7. The van der Waals surface area contributed by atoms with E-state index in [1.54, 1.807) is 18.9 Å². The molecule has 0 N–H and O–H groups in total. The van der Waals surface area contributed by atoms with Crippen LogP contribution in [0.1, 0.15) is 38.5 Å². The Morgan fingerprint density at radius 1 is 1.39 bits per heavy atom. The second-order valence-electron chi connectivity index (χ2n) is 7.52. The summed E-state index contributed by atoms with van der Waals surface area (Å²) >= 11 is 1.54. The van der Waals surface area contributed by atoms with Gasteiger partial charge in [0, 0.05) is 33.0 Å². The van der Waals surface area contributed by atoms with Gasteiger partial charge in [0.1, 0.15) is 0 Å². The monoisotopic (exact) mass is 448 g/mol. The van der Waals surface area contributed by atoms with E-state index in [9.17, 15) is 14.4 Å². The Bertz CT molecular complexity index is 882. The number of thiophene rings is 1. The highest BCUT2D eigenvalue weighted by atomic mass is 32.1. The fraction of sp³-hybridized carbons (Fsp3) is 0.571. The standard InChI is InChI=1S/C21H28N4O5S/c1-3-29-21(28)15-7-5-11-25(13-15)19(27)14-24(2)18(26)10-4-9-17-22-20(23-30-17)16-8-6-12-31-16/h6,8,12,15H,3-5,7,9-11,13-14H2,1-2H3. The van der Waals surface area contributed by atoms with Gasteiger partial charge in [0.15, 0.2) is 0 Å². The molecule has 1 atom stereocenters. The molecule has 1 unspecified atom stereocenters. The van der Waals surface area contributed by atoms with Gasteiger partial charge in [-0.2, -0.15) is 4.98 Å². The molecule has 1 saturated heterocycles. The first-order valence-corrected chi connectivity index (χ1v) is 11.4. The quantitative estimate of drug-likeness (QED) is 0.542. The van der Waals surface area contributed by atoms with Crippen LogP contribution in [0, 0.1) is 5.92 Å². The Balaban J connectivity index is 1.40. The Morgan fingerprint density at radius 3 is 2.97 bits per heavy atom. The van der Waals surface area contributed by atoms with E-state index in [1.165, 1.54) is 16.2 Å². The number of likely N-dealkylation sites (tertiary alicyclic amines) is 1. The molecule has 0 aromatic carbocycles. The third-order valence-electron chi connectivity index (χ3n) is 5.18. The molecule has 1 aliphatic heterocycles. The first kappa shape index (κ1) is 22.9. The molecule has 10 heteroatoms. The predicted molar refractivity (Wildman–Crippen MR) is 114 cm³/mol. The first-order chi connectivity index (χ1) is 15.0. The molecule has 2 aromatic rings. The van der Waals surface area contributed by atoms with Crippen molar-refractivity contribution in [1.29, 1.82) is 0 Å². The Hall–Kier alpha value is -2.75. The molecule has 9 nitrogen and oxygen atoms in total. The van der Waals surface area contributed by atoms with Crippen LogP contribution in [-0.4, -0.2) is 71.0 Å². The lowest BCUT2D eigenvalue weighted by molar-refractivity contribution is -0.152. The maximum absolute atomic E-state index is 12.6. The van der Waals surface area contributed by atoms with Crippen molar-refractivity contribution in [2.45, 2.75) is 39.0 Å². The van der Waals surface area contributed by atoms with E-state index in [0.29, 0.717) is 44.3 Å². The van der Waals surface area contributed by atoms with Crippen LogP contribution in [0.3, 0.4) is 0 Å². The number of amides is 2. The number of ether oxygens (including phenoxy) is 1. The van der Waals surface area contributed by atoms with Crippen molar-refractivity contribution in [3.8, 4) is 10.7 Å². The summed E-state index contributed by atoms with van der Waals surface area (Å²) < 4.78 is 10.3. The van der Waals surface area contributed by atoms with Crippen molar-refractivity contribution in [3.63, 3.8) is 0 Å². The largest absolute Gasteiger partial charge is 0.466 e. The predicted octanol–water partition coefficient (Wildman–Crippen LogP) is 2.38. The van der Waals surface area contributed by atoms with Gasteiger partial charge in [-0.1, -0.05) is 11.2 Å². The van der Waals surface area contributed by atoms with E-state index in [-0.39, 0.29) is 36.7 Å². The van der Waals surface area contributed by atoms with Gasteiger partial charge in [0.2, 0.25) is 23.5 Å². The van der Waals surface area contributed by atoms with Crippen LogP contribution in [0.2, 0.25) is 0 Å². The van der Waals surface area contributed by atoms with Crippen molar-refractivity contribution >= 4 is 29.1 Å². The summed E-state index contributed by atoms with van der Waals surface area (Å²) in [4.78, 5) is 45.3. The van der Waals surface area contributed by atoms with Crippen LogP contribution in [0.25, 0.3) is 10.7 Å². The lowest BCUT2D eigenvalue weighted by Gasteiger charge is -2.32. The minimum Gasteiger partial charge on any atom is -0.466 e. The summed E-state index contributed by atoms with van der Waals surface area (Å²) in [5, 5.41) is 5.91. The number of rotatable bonds is 9. The normalized spacial score (nSPS) is 16.2. The maximum Gasteiger partial charge on any atom is 0.310 e. The summed E-state index contributed by atoms with van der Waals surface area (Å²) in [5.41, 5.74) is 0. The molecule has 0 radical (unpaired) electrons. The molecule has 0 saturated carbocycles. The van der Waals surface area contributed by atoms with Gasteiger partial charge in [0.25, 0.3) is 0 Å². The highest BCUT2D eigenvalue weighted by Gasteiger charge is 2.30. The van der Waals surface area contributed by atoms with Crippen molar-refractivity contribution < 1.29 is 23.6 Å². The Morgan fingerprint density at radius 2 is 2.23 bits per heavy atom. The number of piperidine rings is 1. The molecule has 0 spiro atoms. The van der Waals surface area contributed by atoms with Gasteiger partial charge in [-0.05, 0) is 37.6 Å². The average Bonchev–Trinajstić information content (AvgIpc) is 3.46. The molecule has 168 valence electrons. The molecular formula is C21H28N4O5S. The third-order valence-corrected chi connectivity index (χ3v) is 6.05. The minimum atomic E-state index is -0.285. The van der Waals surface area contributed by atoms with Crippen molar-refractivity contribution in [2.24, 2.45) is 5.92 Å². The van der Waals surface area contributed by atoms with Gasteiger partial charge in [-0.15, -0.1) is 11.3 Å². The fourth-order valence-electron chi connectivity index (χ4n) is 3.49. The smallest absolute Gasteiger partial charge is 0.310 e. The Kier molecular flexibility index (Phi) is 8.16. The van der Waals surface area contributed by atoms with Crippen LogP contribution < -0.4 is 0 Å². The van der Waals surface area contributed by atoms with Crippen molar-refractivity contribution in [2.75, 3.05) is 33.3 Å². The van der Waals surface area contributed by atoms with E-state index >= 15 is 0 Å². The minimum absolute atomic E-state index is 0.00252. The molecule has 2 amide bonds. The van der Waals surface area contributed by atoms with Gasteiger partial charge >= 0.3 is 5.97 Å². The molecule has 31 heavy (non-hydrogen) atoms. The molecule has 1 fully saturated rings. The van der Waals surface area contributed by atoms with Gasteiger partial charge < -0.3 is 19.1 Å². The van der Waals surface area contributed by atoms with E-state index in [4.69, 9.17) is 9.26 Å². The van der Waals surface area contributed by atoms with Crippen LogP contribution in [0.15, 0.2) is 22.0 Å². The van der Waals surface area contributed by atoms with E-state index < -0.39 is 0 Å². The summed E-state index contributed by atoms with van der Waals surface area (Å²) in [5.74, 6) is 0.238. The number of esters is 1. The number of likely N-dealkylation sites (N-methyl/N-ethyl adjacent to an activating group) is 1. The van der Waals surface area contributed by atoms with Crippen LogP contribution >= 0.6 is 11.3 Å². The van der Waals surface area contributed by atoms with Gasteiger partial charge in [0.05, 0.1) is 23.9 Å². The number of carbonyl (C=O) groups excluding carboxylic acids is 3. The fourth-order valence-corrected chi connectivity index (χ4v) is 4.14. The highest BCUT2D eigenvalue weighted by molar-refractivity contribution is 7.13. The molecule has 0 aliphatic carbocycles. The van der Waals surface area contributed by atoms with Crippen LogP contribution in [0.4, 0.5) is 0 Å². The Labute approximate surface area is 185 Å². The number of aromatic nitrogens is 2. The number of nitrogens with zero attached hydrogens (tertiary/aromatic N) is 4. The summed E-state index contributed by atoms with van der Waals surface area (Å²) in [6.07, 6.45) is 2.81. The number of hydrogen-bond donors (Lipinski definition) is 0. The second kappa shape index (κ2) is 11.0.